The SMILES string of the molecule is COc1ccc(C(=O)N2CCCN(C(=O)c3ccoc3)CC2)cc1F. The monoisotopic (exact) mass is 346 g/mol. The fourth-order valence-corrected chi connectivity index (χ4v) is 2.87. The quantitative estimate of drug-likeness (QED) is 0.856. The summed E-state index contributed by atoms with van der Waals surface area (Å²) in [5.41, 5.74) is 0.768. The Morgan fingerprint density at radius 1 is 1.04 bits per heavy atom. The maximum atomic E-state index is 13.8. The van der Waals surface area contributed by atoms with Crippen LogP contribution in [0.5, 0.6) is 5.75 Å². The molecule has 0 aliphatic carbocycles. The predicted octanol–water partition coefficient (Wildman–Crippen LogP) is 2.42. The van der Waals surface area contributed by atoms with Gasteiger partial charge in [0.1, 0.15) is 6.26 Å². The van der Waals surface area contributed by atoms with E-state index in [9.17, 15) is 14.0 Å². The highest BCUT2D eigenvalue weighted by Crippen LogP contribution is 2.19. The molecule has 0 spiro atoms. The lowest BCUT2D eigenvalue weighted by Gasteiger charge is -2.22. The van der Waals surface area contributed by atoms with Gasteiger partial charge >= 0.3 is 0 Å². The number of halogens is 1. The van der Waals surface area contributed by atoms with Crippen molar-refractivity contribution in [2.75, 3.05) is 33.3 Å². The Morgan fingerprint density at radius 2 is 1.72 bits per heavy atom. The van der Waals surface area contributed by atoms with Gasteiger partial charge in [0.15, 0.2) is 11.6 Å². The molecule has 0 saturated carbocycles. The molecule has 25 heavy (non-hydrogen) atoms. The molecular formula is C18H19FN2O4. The van der Waals surface area contributed by atoms with Gasteiger partial charge in [-0.25, -0.2) is 4.39 Å². The van der Waals surface area contributed by atoms with Crippen LogP contribution in [0.1, 0.15) is 27.1 Å². The van der Waals surface area contributed by atoms with Crippen molar-refractivity contribution in [3.63, 3.8) is 0 Å². The summed E-state index contributed by atoms with van der Waals surface area (Å²) in [7, 11) is 1.38. The van der Waals surface area contributed by atoms with E-state index in [1.165, 1.54) is 31.8 Å². The predicted molar refractivity (Wildman–Crippen MR) is 88.1 cm³/mol. The third-order valence-electron chi connectivity index (χ3n) is 4.24. The second-order valence-electron chi connectivity index (χ2n) is 5.80. The molecule has 2 aromatic rings. The van der Waals surface area contributed by atoms with E-state index >= 15 is 0 Å². The molecule has 1 aliphatic rings. The van der Waals surface area contributed by atoms with E-state index in [4.69, 9.17) is 9.15 Å². The van der Waals surface area contributed by atoms with E-state index in [-0.39, 0.29) is 23.1 Å². The Labute approximate surface area is 144 Å². The highest BCUT2D eigenvalue weighted by molar-refractivity contribution is 5.95. The highest BCUT2D eigenvalue weighted by atomic mass is 19.1. The molecule has 1 saturated heterocycles. The summed E-state index contributed by atoms with van der Waals surface area (Å²) in [6, 6.07) is 5.79. The molecule has 1 fully saturated rings. The van der Waals surface area contributed by atoms with Crippen LogP contribution < -0.4 is 4.74 Å². The first kappa shape index (κ1) is 17.0. The summed E-state index contributed by atoms with van der Waals surface area (Å²) in [6.07, 6.45) is 3.53. The van der Waals surface area contributed by atoms with Crippen molar-refractivity contribution >= 4 is 11.8 Å². The van der Waals surface area contributed by atoms with Crippen LogP contribution in [0, 0.1) is 5.82 Å². The van der Waals surface area contributed by atoms with E-state index in [0.717, 1.165) is 0 Å². The molecule has 2 heterocycles. The Bertz CT molecular complexity index is 760. The second kappa shape index (κ2) is 7.38. The van der Waals surface area contributed by atoms with Crippen LogP contribution in [0.4, 0.5) is 4.39 Å². The van der Waals surface area contributed by atoms with Gasteiger partial charge < -0.3 is 19.0 Å². The van der Waals surface area contributed by atoms with Crippen molar-refractivity contribution in [3.05, 3.63) is 53.7 Å². The number of amides is 2. The van der Waals surface area contributed by atoms with Crippen molar-refractivity contribution in [1.82, 2.24) is 9.80 Å². The first-order valence-corrected chi connectivity index (χ1v) is 8.04. The third kappa shape index (κ3) is 3.65. The van der Waals surface area contributed by atoms with Crippen LogP contribution in [0.3, 0.4) is 0 Å². The zero-order chi connectivity index (χ0) is 17.8. The van der Waals surface area contributed by atoms with Crippen molar-refractivity contribution in [1.29, 1.82) is 0 Å². The van der Waals surface area contributed by atoms with Gasteiger partial charge in [-0.05, 0) is 30.7 Å². The smallest absolute Gasteiger partial charge is 0.257 e. The van der Waals surface area contributed by atoms with E-state index in [1.54, 1.807) is 21.9 Å². The number of carbonyl (C=O) groups is 2. The lowest BCUT2D eigenvalue weighted by Crippen LogP contribution is -2.37. The Kier molecular flexibility index (Phi) is 5.02. The average molecular weight is 346 g/mol. The Morgan fingerprint density at radius 3 is 2.28 bits per heavy atom. The minimum Gasteiger partial charge on any atom is -0.494 e. The number of hydrogen-bond acceptors (Lipinski definition) is 4. The molecule has 0 bridgehead atoms. The molecule has 132 valence electrons. The summed E-state index contributed by atoms with van der Waals surface area (Å²) in [5.74, 6) is -0.832. The van der Waals surface area contributed by atoms with Gasteiger partial charge in [-0.3, -0.25) is 9.59 Å². The lowest BCUT2D eigenvalue weighted by atomic mass is 10.1. The topological polar surface area (TPSA) is 63.0 Å². The first-order chi connectivity index (χ1) is 12.1. The number of hydrogen-bond donors (Lipinski definition) is 0. The molecule has 1 aromatic heterocycles. The van der Waals surface area contributed by atoms with Gasteiger partial charge in [0.25, 0.3) is 11.8 Å². The molecule has 1 aromatic carbocycles. The lowest BCUT2D eigenvalue weighted by molar-refractivity contribution is 0.0718. The number of nitrogens with zero attached hydrogens (tertiary/aromatic N) is 2. The number of furan rings is 1. The summed E-state index contributed by atoms with van der Waals surface area (Å²) in [5, 5.41) is 0. The summed E-state index contributed by atoms with van der Waals surface area (Å²) >= 11 is 0. The second-order valence-corrected chi connectivity index (χ2v) is 5.80. The normalized spacial score (nSPS) is 15.0. The maximum absolute atomic E-state index is 13.8. The third-order valence-corrected chi connectivity index (χ3v) is 4.24. The van der Waals surface area contributed by atoms with Crippen LogP contribution in [0.25, 0.3) is 0 Å². The van der Waals surface area contributed by atoms with Crippen molar-refractivity contribution < 1.29 is 23.1 Å². The molecule has 1 aliphatic heterocycles. The maximum Gasteiger partial charge on any atom is 0.257 e. The van der Waals surface area contributed by atoms with Crippen LogP contribution in [0.15, 0.2) is 41.2 Å². The number of ether oxygens (including phenoxy) is 1. The number of carbonyl (C=O) groups excluding carboxylic acids is 2. The van der Waals surface area contributed by atoms with Crippen LogP contribution in [-0.4, -0.2) is 54.9 Å². The minimum atomic E-state index is -0.570. The zero-order valence-electron chi connectivity index (χ0n) is 13.9. The van der Waals surface area contributed by atoms with Gasteiger partial charge in [-0.1, -0.05) is 0 Å². The highest BCUT2D eigenvalue weighted by Gasteiger charge is 2.24. The number of benzene rings is 1. The number of rotatable bonds is 3. The fraction of sp³-hybridized carbons (Fsp3) is 0.333. The molecule has 3 rings (SSSR count). The largest absolute Gasteiger partial charge is 0.494 e. The van der Waals surface area contributed by atoms with Crippen LogP contribution in [0.2, 0.25) is 0 Å². The zero-order valence-corrected chi connectivity index (χ0v) is 13.9. The Hall–Kier alpha value is -2.83. The van der Waals surface area contributed by atoms with Crippen LogP contribution in [-0.2, 0) is 0 Å². The molecule has 0 N–H and O–H groups in total. The molecule has 0 radical (unpaired) electrons. The molecule has 2 amide bonds. The van der Waals surface area contributed by atoms with E-state index in [0.29, 0.717) is 38.2 Å². The molecular weight excluding hydrogens is 327 g/mol. The molecule has 6 nitrogen and oxygen atoms in total. The van der Waals surface area contributed by atoms with Crippen molar-refractivity contribution in [2.45, 2.75) is 6.42 Å². The molecule has 7 heteroatoms. The van der Waals surface area contributed by atoms with Gasteiger partial charge in [0.05, 0.1) is 18.9 Å². The average Bonchev–Trinajstić information content (AvgIpc) is 3.05. The first-order valence-electron chi connectivity index (χ1n) is 8.04. The minimum absolute atomic E-state index is 0.101. The van der Waals surface area contributed by atoms with E-state index in [1.807, 2.05) is 0 Å². The standard InChI is InChI=1S/C18H19FN2O4/c1-24-16-4-3-13(11-15(16)19)17(22)20-6-2-7-21(9-8-20)18(23)14-5-10-25-12-14/h3-5,10-12H,2,6-9H2,1H3. The van der Waals surface area contributed by atoms with Gasteiger partial charge in [0.2, 0.25) is 0 Å². The Balaban J connectivity index is 1.67. The molecule has 0 unspecified atom stereocenters. The summed E-state index contributed by atoms with van der Waals surface area (Å²) < 4.78 is 23.6. The molecule has 0 atom stereocenters. The number of methoxy groups -OCH3 is 1. The summed E-state index contributed by atoms with van der Waals surface area (Å²) in [4.78, 5) is 28.3. The van der Waals surface area contributed by atoms with Crippen molar-refractivity contribution in [3.8, 4) is 5.75 Å². The van der Waals surface area contributed by atoms with E-state index in [2.05, 4.69) is 0 Å². The van der Waals surface area contributed by atoms with Gasteiger partial charge in [0, 0.05) is 31.7 Å². The fourth-order valence-electron chi connectivity index (χ4n) is 2.87. The van der Waals surface area contributed by atoms with Crippen LogP contribution >= 0.6 is 0 Å². The van der Waals surface area contributed by atoms with E-state index < -0.39 is 5.82 Å². The van der Waals surface area contributed by atoms with Crippen molar-refractivity contribution in [2.24, 2.45) is 0 Å². The van der Waals surface area contributed by atoms with Gasteiger partial charge in [-0.2, -0.15) is 0 Å². The summed E-state index contributed by atoms with van der Waals surface area (Å²) in [6.45, 7) is 1.90. The van der Waals surface area contributed by atoms with Gasteiger partial charge in [-0.15, -0.1) is 0 Å².